The molecule has 1 heterocycles. The molecule has 0 aromatic carbocycles. The van der Waals surface area contributed by atoms with Crippen molar-refractivity contribution in [3.05, 3.63) is 0 Å². The Morgan fingerprint density at radius 1 is 1.50 bits per heavy atom. The number of hydrogen-bond acceptors (Lipinski definition) is 3. The lowest BCUT2D eigenvalue weighted by Crippen LogP contribution is -2.63. The van der Waals surface area contributed by atoms with Gasteiger partial charge in [0.2, 0.25) is 0 Å². The molecule has 1 rings (SSSR count). The summed E-state index contributed by atoms with van der Waals surface area (Å²) in [4.78, 5) is 24.3. The highest BCUT2D eigenvalue weighted by Crippen LogP contribution is 2.09. The maximum atomic E-state index is 11.8. The molecule has 6 nitrogen and oxygen atoms in total. The molecule has 1 saturated heterocycles. The van der Waals surface area contributed by atoms with E-state index in [0.29, 0.717) is 13.1 Å². The summed E-state index contributed by atoms with van der Waals surface area (Å²) in [6.07, 6.45) is 0. The van der Waals surface area contributed by atoms with Gasteiger partial charge < -0.3 is 20.6 Å². The van der Waals surface area contributed by atoms with Crippen molar-refractivity contribution in [3.8, 4) is 0 Å². The normalized spacial score (nSPS) is 25.6. The van der Waals surface area contributed by atoms with E-state index in [1.807, 2.05) is 13.8 Å². The van der Waals surface area contributed by atoms with Crippen molar-refractivity contribution in [3.63, 3.8) is 0 Å². The van der Waals surface area contributed by atoms with Crippen molar-refractivity contribution in [2.45, 2.75) is 38.9 Å². The predicted molar refractivity (Wildman–Crippen MR) is 59.3 cm³/mol. The number of piperazine rings is 1. The van der Waals surface area contributed by atoms with E-state index in [2.05, 4.69) is 10.6 Å². The van der Waals surface area contributed by atoms with Gasteiger partial charge >= 0.3 is 12.0 Å². The van der Waals surface area contributed by atoms with Gasteiger partial charge in [-0.2, -0.15) is 0 Å². The molecule has 0 bridgehead atoms. The van der Waals surface area contributed by atoms with Crippen LogP contribution in [0.3, 0.4) is 0 Å². The van der Waals surface area contributed by atoms with E-state index in [0.717, 1.165) is 0 Å². The molecule has 1 fully saturated rings. The first-order valence-electron chi connectivity index (χ1n) is 5.46. The Bertz CT molecular complexity index is 280. The molecule has 0 aliphatic carbocycles. The summed E-state index contributed by atoms with van der Waals surface area (Å²) in [7, 11) is 0. The van der Waals surface area contributed by atoms with Gasteiger partial charge in [0.1, 0.15) is 6.04 Å². The average Bonchev–Trinajstić information content (AvgIpc) is 2.16. The molecule has 0 aromatic rings. The molecule has 6 heteroatoms. The minimum absolute atomic E-state index is 0.0536. The lowest BCUT2D eigenvalue weighted by atomic mass is 10.1. The lowest BCUT2D eigenvalue weighted by molar-refractivity contribution is -0.141. The van der Waals surface area contributed by atoms with Crippen molar-refractivity contribution in [1.29, 1.82) is 0 Å². The maximum absolute atomic E-state index is 11.8. The molecular weight excluding hydrogens is 210 g/mol. The van der Waals surface area contributed by atoms with Crippen LogP contribution in [0.15, 0.2) is 0 Å². The second kappa shape index (κ2) is 5.16. The van der Waals surface area contributed by atoms with Crippen molar-refractivity contribution in [2.24, 2.45) is 0 Å². The van der Waals surface area contributed by atoms with Gasteiger partial charge in [0.05, 0.1) is 6.04 Å². The first kappa shape index (κ1) is 12.8. The van der Waals surface area contributed by atoms with Gasteiger partial charge in [0.15, 0.2) is 0 Å². The molecule has 0 saturated carbocycles. The average molecular weight is 229 g/mol. The number of carboxylic acid groups (broad SMARTS) is 1. The third-order valence-corrected chi connectivity index (χ3v) is 2.63. The molecular formula is C10H19N3O3. The summed E-state index contributed by atoms with van der Waals surface area (Å²) in [6.45, 7) is 6.53. The Hall–Kier alpha value is -1.30. The standard InChI is InChI=1S/C10H19N3O3/c1-6(2)12-10(16)13-5-4-11-8(7(13)3)9(14)15/h6-8,11H,4-5H2,1-3H3,(H,12,16)(H,14,15). The second-order valence-corrected chi connectivity index (χ2v) is 4.31. The van der Waals surface area contributed by atoms with Crippen LogP contribution in [-0.4, -0.2) is 53.2 Å². The summed E-state index contributed by atoms with van der Waals surface area (Å²) < 4.78 is 0. The summed E-state index contributed by atoms with van der Waals surface area (Å²) >= 11 is 0. The van der Waals surface area contributed by atoms with Crippen molar-refractivity contribution >= 4 is 12.0 Å². The van der Waals surface area contributed by atoms with Gasteiger partial charge in [0, 0.05) is 19.1 Å². The summed E-state index contributed by atoms with van der Waals surface area (Å²) in [5.41, 5.74) is 0. The number of hydrogen-bond donors (Lipinski definition) is 3. The van der Waals surface area contributed by atoms with E-state index >= 15 is 0 Å². The zero-order valence-corrected chi connectivity index (χ0v) is 9.86. The molecule has 0 radical (unpaired) electrons. The smallest absolute Gasteiger partial charge is 0.322 e. The molecule has 2 amide bonds. The fourth-order valence-corrected chi connectivity index (χ4v) is 1.80. The van der Waals surface area contributed by atoms with Gasteiger partial charge in [-0.3, -0.25) is 4.79 Å². The lowest BCUT2D eigenvalue weighted by Gasteiger charge is -2.38. The van der Waals surface area contributed by atoms with Gasteiger partial charge in [-0.15, -0.1) is 0 Å². The minimum Gasteiger partial charge on any atom is -0.480 e. The Morgan fingerprint density at radius 3 is 2.62 bits per heavy atom. The van der Waals surface area contributed by atoms with Gasteiger partial charge in [-0.25, -0.2) is 4.79 Å². The van der Waals surface area contributed by atoms with Crippen LogP contribution >= 0.6 is 0 Å². The Balaban J connectivity index is 2.66. The Labute approximate surface area is 95.0 Å². The zero-order chi connectivity index (χ0) is 12.3. The van der Waals surface area contributed by atoms with Crippen molar-refractivity contribution < 1.29 is 14.7 Å². The van der Waals surface area contributed by atoms with Crippen molar-refractivity contribution in [1.82, 2.24) is 15.5 Å². The van der Waals surface area contributed by atoms with Crippen LogP contribution in [0.4, 0.5) is 4.79 Å². The number of amides is 2. The van der Waals surface area contributed by atoms with Crippen LogP contribution in [0.5, 0.6) is 0 Å². The Morgan fingerprint density at radius 2 is 2.12 bits per heavy atom. The molecule has 92 valence electrons. The summed E-state index contributed by atoms with van der Waals surface area (Å²) in [5, 5.41) is 14.6. The fourth-order valence-electron chi connectivity index (χ4n) is 1.80. The van der Waals surface area contributed by atoms with Crippen LogP contribution in [0.2, 0.25) is 0 Å². The number of aliphatic carboxylic acids is 1. The van der Waals surface area contributed by atoms with E-state index in [9.17, 15) is 9.59 Å². The largest absolute Gasteiger partial charge is 0.480 e. The molecule has 2 atom stereocenters. The first-order chi connectivity index (χ1) is 7.43. The number of carboxylic acids is 1. The van der Waals surface area contributed by atoms with E-state index in [-0.39, 0.29) is 18.1 Å². The van der Waals surface area contributed by atoms with Crippen LogP contribution in [0, 0.1) is 0 Å². The second-order valence-electron chi connectivity index (χ2n) is 4.31. The highest BCUT2D eigenvalue weighted by atomic mass is 16.4. The maximum Gasteiger partial charge on any atom is 0.322 e. The molecule has 0 spiro atoms. The predicted octanol–water partition coefficient (Wildman–Crippen LogP) is -0.149. The quantitative estimate of drug-likeness (QED) is 0.615. The monoisotopic (exact) mass is 229 g/mol. The number of carbonyl (C=O) groups is 2. The summed E-state index contributed by atoms with van der Waals surface area (Å²) in [6, 6.07) is -1.18. The minimum atomic E-state index is -0.922. The zero-order valence-electron chi connectivity index (χ0n) is 9.86. The van der Waals surface area contributed by atoms with Crippen LogP contribution < -0.4 is 10.6 Å². The van der Waals surface area contributed by atoms with E-state index in [1.165, 1.54) is 0 Å². The molecule has 1 aliphatic heterocycles. The highest BCUT2D eigenvalue weighted by molar-refractivity contribution is 5.79. The van der Waals surface area contributed by atoms with Crippen LogP contribution in [0.1, 0.15) is 20.8 Å². The molecule has 16 heavy (non-hydrogen) atoms. The SMILES string of the molecule is CC(C)NC(=O)N1CCNC(C(=O)O)C1C. The molecule has 3 N–H and O–H groups in total. The summed E-state index contributed by atoms with van der Waals surface area (Å²) in [5.74, 6) is -0.922. The number of rotatable bonds is 2. The third kappa shape index (κ3) is 2.85. The van der Waals surface area contributed by atoms with E-state index in [1.54, 1.807) is 11.8 Å². The van der Waals surface area contributed by atoms with Crippen molar-refractivity contribution in [2.75, 3.05) is 13.1 Å². The molecule has 2 unspecified atom stereocenters. The third-order valence-electron chi connectivity index (χ3n) is 2.63. The van der Waals surface area contributed by atoms with Gasteiger partial charge in [-0.1, -0.05) is 0 Å². The van der Waals surface area contributed by atoms with E-state index < -0.39 is 12.0 Å². The van der Waals surface area contributed by atoms with Crippen LogP contribution in [-0.2, 0) is 4.79 Å². The number of nitrogens with zero attached hydrogens (tertiary/aromatic N) is 1. The van der Waals surface area contributed by atoms with E-state index in [4.69, 9.17) is 5.11 Å². The first-order valence-corrected chi connectivity index (χ1v) is 5.46. The van der Waals surface area contributed by atoms with Gasteiger partial charge in [0.25, 0.3) is 0 Å². The van der Waals surface area contributed by atoms with Gasteiger partial charge in [-0.05, 0) is 20.8 Å². The Kier molecular flexibility index (Phi) is 4.12. The fraction of sp³-hybridized carbons (Fsp3) is 0.800. The molecule has 1 aliphatic rings. The number of urea groups is 1. The van der Waals surface area contributed by atoms with Crippen LogP contribution in [0.25, 0.3) is 0 Å². The number of carbonyl (C=O) groups excluding carboxylic acids is 1. The topological polar surface area (TPSA) is 81.7 Å². The number of nitrogens with one attached hydrogen (secondary N) is 2. The highest BCUT2D eigenvalue weighted by Gasteiger charge is 2.35. The molecule has 0 aromatic heterocycles.